The van der Waals surface area contributed by atoms with E-state index in [1.807, 2.05) is 4.68 Å². The van der Waals surface area contributed by atoms with Crippen molar-refractivity contribution in [3.05, 3.63) is 36.2 Å². The van der Waals surface area contributed by atoms with E-state index in [1.54, 1.807) is 44.5 Å². The van der Waals surface area contributed by atoms with E-state index in [0.29, 0.717) is 23.2 Å². The van der Waals surface area contributed by atoms with Gasteiger partial charge in [0.15, 0.2) is 0 Å². The molecular formula is C16H21N3O3S. The highest BCUT2D eigenvalue weighted by Crippen LogP contribution is 2.30. The number of nitrogens with one attached hydrogen (secondary N) is 1. The molecule has 2 aromatic rings. The summed E-state index contributed by atoms with van der Waals surface area (Å²) >= 11 is 0. The van der Waals surface area contributed by atoms with Gasteiger partial charge in [-0.3, -0.25) is 9.40 Å². The molecule has 0 atom stereocenters. The second kappa shape index (κ2) is 6.23. The second-order valence-corrected chi connectivity index (χ2v) is 7.49. The monoisotopic (exact) mass is 335 g/mol. The molecule has 0 radical (unpaired) electrons. The van der Waals surface area contributed by atoms with Crippen LogP contribution in [0.2, 0.25) is 0 Å². The Labute approximate surface area is 136 Å². The fourth-order valence-electron chi connectivity index (χ4n) is 2.98. The van der Waals surface area contributed by atoms with Gasteiger partial charge in [0, 0.05) is 12.3 Å². The lowest BCUT2D eigenvalue weighted by molar-refractivity contribution is 0.415. The molecule has 1 fully saturated rings. The van der Waals surface area contributed by atoms with Crippen LogP contribution in [0, 0.1) is 6.92 Å². The van der Waals surface area contributed by atoms with Crippen molar-refractivity contribution in [3.8, 4) is 5.75 Å². The number of nitrogens with zero attached hydrogens (tertiary/aromatic N) is 2. The Hall–Kier alpha value is -2.02. The first-order valence-corrected chi connectivity index (χ1v) is 9.20. The molecule has 0 amide bonds. The maximum Gasteiger partial charge on any atom is 0.265 e. The molecule has 1 aliphatic rings. The minimum atomic E-state index is -3.67. The third kappa shape index (κ3) is 3.34. The number of aryl methyl sites for hydroxylation is 1. The van der Waals surface area contributed by atoms with Gasteiger partial charge in [-0.25, -0.2) is 8.42 Å². The van der Waals surface area contributed by atoms with E-state index in [0.717, 1.165) is 12.8 Å². The van der Waals surface area contributed by atoms with Gasteiger partial charge in [0.1, 0.15) is 10.6 Å². The van der Waals surface area contributed by atoms with Crippen LogP contribution in [0.4, 0.5) is 5.69 Å². The summed E-state index contributed by atoms with van der Waals surface area (Å²) in [5.74, 6) is 0.601. The van der Waals surface area contributed by atoms with Crippen molar-refractivity contribution >= 4 is 15.7 Å². The molecule has 0 unspecified atom stereocenters. The number of aromatic nitrogens is 2. The molecule has 6 nitrogen and oxygen atoms in total. The Balaban J connectivity index is 1.87. The first-order valence-electron chi connectivity index (χ1n) is 7.72. The maximum atomic E-state index is 12.6. The minimum Gasteiger partial charge on any atom is -0.497 e. The summed E-state index contributed by atoms with van der Waals surface area (Å²) in [7, 11) is -2.12. The molecule has 1 heterocycles. The van der Waals surface area contributed by atoms with Crippen LogP contribution in [0.15, 0.2) is 35.4 Å². The molecule has 0 saturated heterocycles. The molecule has 0 aliphatic heterocycles. The van der Waals surface area contributed by atoms with E-state index < -0.39 is 10.0 Å². The summed E-state index contributed by atoms with van der Waals surface area (Å²) in [6.07, 6.45) is 6.11. The van der Waals surface area contributed by atoms with Gasteiger partial charge >= 0.3 is 0 Å². The summed E-state index contributed by atoms with van der Waals surface area (Å²) in [4.78, 5) is 0.229. The standard InChI is InChI=1S/C16H21N3O3S/c1-12-16(11-19(17-12)14-7-3-4-8-14)23(20,21)18-13-6-5-9-15(10-13)22-2/h5-6,9-11,14,18H,3-4,7-8H2,1-2H3. The van der Waals surface area contributed by atoms with Crippen molar-refractivity contribution in [2.75, 3.05) is 11.8 Å². The van der Waals surface area contributed by atoms with Crippen LogP contribution in [0.25, 0.3) is 0 Å². The van der Waals surface area contributed by atoms with Gasteiger partial charge < -0.3 is 4.74 Å². The third-order valence-electron chi connectivity index (χ3n) is 4.18. The fourth-order valence-corrected chi connectivity index (χ4v) is 4.21. The Morgan fingerprint density at radius 3 is 2.74 bits per heavy atom. The lowest BCUT2D eigenvalue weighted by atomic mass is 10.3. The van der Waals surface area contributed by atoms with Crippen LogP contribution < -0.4 is 9.46 Å². The van der Waals surface area contributed by atoms with Crippen molar-refractivity contribution < 1.29 is 13.2 Å². The molecule has 1 N–H and O–H groups in total. The van der Waals surface area contributed by atoms with Gasteiger partial charge in [-0.2, -0.15) is 5.10 Å². The zero-order valence-corrected chi connectivity index (χ0v) is 14.1. The van der Waals surface area contributed by atoms with Crippen molar-refractivity contribution in [2.24, 2.45) is 0 Å². The molecule has 1 aliphatic carbocycles. The van der Waals surface area contributed by atoms with E-state index in [9.17, 15) is 8.42 Å². The van der Waals surface area contributed by atoms with Gasteiger partial charge in [-0.05, 0) is 31.9 Å². The summed E-state index contributed by atoms with van der Waals surface area (Å²) in [6.45, 7) is 1.73. The molecule has 1 aromatic heterocycles. The van der Waals surface area contributed by atoms with Crippen molar-refractivity contribution in [2.45, 2.75) is 43.5 Å². The van der Waals surface area contributed by atoms with Crippen LogP contribution in [-0.2, 0) is 10.0 Å². The molecule has 1 aromatic carbocycles. The Morgan fingerprint density at radius 1 is 1.30 bits per heavy atom. The number of benzene rings is 1. The van der Waals surface area contributed by atoms with Crippen molar-refractivity contribution in [1.29, 1.82) is 0 Å². The predicted molar refractivity (Wildman–Crippen MR) is 88.3 cm³/mol. The number of rotatable bonds is 5. The summed E-state index contributed by atoms with van der Waals surface area (Å²) < 4.78 is 34.8. The zero-order valence-electron chi connectivity index (χ0n) is 13.3. The first-order chi connectivity index (χ1) is 11.0. The lowest BCUT2D eigenvalue weighted by Crippen LogP contribution is -2.13. The summed E-state index contributed by atoms with van der Waals surface area (Å²) in [5, 5.41) is 4.41. The number of sulfonamides is 1. The number of ether oxygens (including phenoxy) is 1. The Kier molecular flexibility index (Phi) is 4.30. The number of anilines is 1. The predicted octanol–water partition coefficient (Wildman–Crippen LogP) is 3.12. The molecule has 23 heavy (non-hydrogen) atoms. The van der Waals surface area contributed by atoms with Crippen LogP contribution in [0.1, 0.15) is 37.4 Å². The Morgan fingerprint density at radius 2 is 2.04 bits per heavy atom. The number of hydrogen-bond donors (Lipinski definition) is 1. The van der Waals surface area contributed by atoms with E-state index in [4.69, 9.17) is 4.74 Å². The highest BCUT2D eigenvalue weighted by molar-refractivity contribution is 7.92. The topological polar surface area (TPSA) is 73.2 Å². The average Bonchev–Trinajstić information content (AvgIpc) is 3.16. The van der Waals surface area contributed by atoms with E-state index >= 15 is 0 Å². The zero-order chi connectivity index (χ0) is 16.4. The highest BCUT2D eigenvalue weighted by Gasteiger charge is 2.24. The maximum absolute atomic E-state index is 12.6. The SMILES string of the molecule is COc1cccc(NS(=O)(=O)c2cn(C3CCCC3)nc2C)c1. The third-order valence-corrected chi connectivity index (χ3v) is 5.67. The smallest absolute Gasteiger partial charge is 0.265 e. The van der Waals surface area contributed by atoms with E-state index in [2.05, 4.69) is 9.82 Å². The number of methoxy groups -OCH3 is 1. The number of hydrogen-bond acceptors (Lipinski definition) is 4. The van der Waals surface area contributed by atoms with Gasteiger partial charge in [-0.15, -0.1) is 0 Å². The molecule has 1 saturated carbocycles. The lowest BCUT2D eigenvalue weighted by Gasteiger charge is -2.09. The molecule has 124 valence electrons. The van der Waals surface area contributed by atoms with Crippen LogP contribution in [0.3, 0.4) is 0 Å². The molecule has 3 rings (SSSR count). The van der Waals surface area contributed by atoms with Crippen molar-refractivity contribution in [3.63, 3.8) is 0 Å². The van der Waals surface area contributed by atoms with Crippen LogP contribution in [0.5, 0.6) is 5.75 Å². The largest absolute Gasteiger partial charge is 0.497 e. The fraction of sp³-hybridized carbons (Fsp3) is 0.438. The van der Waals surface area contributed by atoms with Crippen LogP contribution >= 0.6 is 0 Å². The highest BCUT2D eigenvalue weighted by atomic mass is 32.2. The second-order valence-electron chi connectivity index (χ2n) is 5.83. The van der Waals surface area contributed by atoms with Crippen molar-refractivity contribution in [1.82, 2.24) is 9.78 Å². The van der Waals surface area contributed by atoms with E-state index in [-0.39, 0.29) is 4.90 Å². The summed E-state index contributed by atoms with van der Waals surface area (Å²) in [6, 6.07) is 7.16. The summed E-state index contributed by atoms with van der Waals surface area (Å²) in [5.41, 5.74) is 0.990. The van der Waals surface area contributed by atoms with Gasteiger partial charge in [-0.1, -0.05) is 18.9 Å². The molecule has 7 heteroatoms. The van der Waals surface area contributed by atoms with Gasteiger partial charge in [0.25, 0.3) is 10.0 Å². The first kappa shape index (κ1) is 15.9. The molecule has 0 spiro atoms. The normalized spacial score (nSPS) is 15.7. The van der Waals surface area contributed by atoms with E-state index in [1.165, 1.54) is 12.8 Å². The minimum absolute atomic E-state index is 0.229. The Bertz CT molecular complexity index is 793. The molecular weight excluding hydrogens is 314 g/mol. The average molecular weight is 335 g/mol. The quantitative estimate of drug-likeness (QED) is 0.911. The van der Waals surface area contributed by atoms with Gasteiger partial charge in [0.05, 0.1) is 24.5 Å². The van der Waals surface area contributed by atoms with Crippen LogP contribution in [-0.4, -0.2) is 25.3 Å². The van der Waals surface area contributed by atoms with Gasteiger partial charge in [0.2, 0.25) is 0 Å². The molecule has 0 bridgehead atoms.